The second-order valence-corrected chi connectivity index (χ2v) is 4.05. The number of anilines is 1. The summed E-state index contributed by atoms with van der Waals surface area (Å²) in [6.45, 7) is 0.750. The maximum atomic E-state index is 10.7. The summed E-state index contributed by atoms with van der Waals surface area (Å²) in [5.41, 5.74) is 1.15. The van der Waals surface area contributed by atoms with Gasteiger partial charge in [-0.2, -0.15) is 0 Å². The Morgan fingerprint density at radius 2 is 2.19 bits per heavy atom. The van der Waals surface area contributed by atoms with Crippen molar-refractivity contribution in [3.8, 4) is 0 Å². The summed E-state index contributed by atoms with van der Waals surface area (Å²) in [6.07, 6.45) is 0. The van der Waals surface area contributed by atoms with E-state index in [4.69, 9.17) is 0 Å². The molecule has 2 aromatic rings. The summed E-state index contributed by atoms with van der Waals surface area (Å²) in [5.74, 6) is 0. The van der Waals surface area contributed by atoms with E-state index in [9.17, 15) is 10.1 Å². The van der Waals surface area contributed by atoms with Crippen molar-refractivity contribution >= 4 is 45.0 Å². The Morgan fingerprint density at radius 1 is 1.44 bits per heavy atom. The first kappa shape index (κ1) is 11.0. The molecule has 0 aliphatic carbocycles. The van der Waals surface area contributed by atoms with Crippen LogP contribution in [-0.4, -0.2) is 26.2 Å². The first-order chi connectivity index (χ1) is 7.74. The number of hydrogen-bond acceptors (Lipinski definition) is 6. The number of non-ortho nitro benzene ring substituents is 1. The molecule has 0 aliphatic rings. The second kappa shape index (κ2) is 4.60. The van der Waals surface area contributed by atoms with Crippen LogP contribution in [0.5, 0.6) is 0 Å². The number of rotatable bonds is 4. The van der Waals surface area contributed by atoms with E-state index in [1.165, 1.54) is 6.07 Å². The van der Waals surface area contributed by atoms with Crippen molar-refractivity contribution in [3.63, 3.8) is 0 Å². The van der Waals surface area contributed by atoms with Gasteiger partial charge in [0.2, 0.25) is 5.52 Å². The predicted octanol–water partition coefficient (Wildman–Crippen LogP) is 1.98. The number of benzene rings is 1. The molecule has 0 bridgehead atoms. The minimum Gasteiger partial charge on any atom is -0.382 e. The molecule has 1 aromatic heterocycles. The zero-order chi connectivity index (χ0) is 11.5. The highest BCUT2D eigenvalue weighted by atomic mass is 127. The van der Waals surface area contributed by atoms with E-state index in [1.807, 2.05) is 0 Å². The molecule has 1 heterocycles. The maximum Gasteiger partial charge on any atom is 0.300 e. The molecular formula is C8H7IN4O3. The SMILES string of the molecule is O=[N+]([O-])c1ccc(NCCI)c2nonc12. The number of alkyl halides is 1. The van der Waals surface area contributed by atoms with Crippen molar-refractivity contribution in [1.82, 2.24) is 10.3 Å². The summed E-state index contributed by atoms with van der Waals surface area (Å²) in [6, 6.07) is 3.00. The highest BCUT2D eigenvalue weighted by molar-refractivity contribution is 14.1. The molecule has 0 saturated carbocycles. The number of nitrogens with one attached hydrogen (secondary N) is 1. The molecule has 0 atom stereocenters. The highest BCUT2D eigenvalue weighted by Gasteiger charge is 2.19. The van der Waals surface area contributed by atoms with Crippen LogP contribution in [0.1, 0.15) is 0 Å². The van der Waals surface area contributed by atoms with Crippen LogP contribution in [0.15, 0.2) is 16.8 Å². The topological polar surface area (TPSA) is 94.1 Å². The van der Waals surface area contributed by atoms with Crippen molar-refractivity contribution in [2.45, 2.75) is 0 Å². The van der Waals surface area contributed by atoms with Gasteiger partial charge in [0, 0.05) is 17.0 Å². The third-order valence-electron chi connectivity index (χ3n) is 2.00. The molecule has 84 valence electrons. The number of nitro groups is 1. The number of nitro benzene ring substituents is 1. The Bertz CT molecular complexity index is 527. The fraction of sp³-hybridized carbons (Fsp3) is 0.250. The number of hydrogen-bond donors (Lipinski definition) is 1. The van der Waals surface area contributed by atoms with Crippen LogP contribution in [0.4, 0.5) is 11.4 Å². The third kappa shape index (κ3) is 1.92. The fourth-order valence-electron chi connectivity index (χ4n) is 1.33. The predicted molar refractivity (Wildman–Crippen MR) is 65.8 cm³/mol. The van der Waals surface area contributed by atoms with Gasteiger partial charge in [-0.25, -0.2) is 4.63 Å². The molecule has 0 amide bonds. The monoisotopic (exact) mass is 334 g/mol. The summed E-state index contributed by atoms with van der Waals surface area (Å²) in [4.78, 5) is 10.2. The van der Waals surface area contributed by atoms with Crippen LogP contribution >= 0.6 is 22.6 Å². The van der Waals surface area contributed by atoms with Gasteiger partial charge in [-0.15, -0.1) is 0 Å². The zero-order valence-electron chi connectivity index (χ0n) is 8.01. The lowest BCUT2D eigenvalue weighted by atomic mass is 10.2. The Balaban J connectivity index is 2.50. The molecule has 0 spiro atoms. The van der Waals surface area contributed by atoms with Crippen LogP contribution in [-0.2, 0) is 0 Å². The average Bonchev–Trinajstić information content (AvgIpc) is 2.74. The second-order valence-electron chi connectivity index (χ2n) is 2.97. The van der Waals surface area contributed by atoms with Crippen molar-refractivity contribution in [3.05, 3.63) is 22.2 Å². The smallest absolute Gasteiger partial charge is 0.300 e. The first-order valence-electron chi connectivity index (χ1n) is 4.43. The molecule has 1 aromatic carbocycles. The van der Waals surface area contributed by atoms with E-state index in [0.29, 0.717) is 11.2 Å². The quantitative estimate of drug-likeness (QED) is 0.398. The zero-order valence-corrected chi connectivity index (χ0v) is 10.2. The molecule has 0 unspecified atom stereocenters. The van der Waals surface area contributed by atoms with Gasteiger partial charge in [0.1, 0.15) is 0 Å². The molecule has 7 nitrogen and oxygen atoms in total. The summed E-state index contributed by atoms with van der Waals surface area (Å²) in [7, 11) is 0. The fourth-order valence-corrected chi connectivity index (χ4v) is 1.60. The van der Waals surface area contributed by atoms with Crippen molar-refractivity contribution in [2.24, 2.45) is 0 Å². The Hall–Kier alpha value is -1.45. The molecule has 0 radical (unpaired) electrons. The van der Waals surface area contributed by atoms with E-state index >= 15 is 0 Å². The van der Waals surface area contributed by atoms with Crippen LogP contribution in [0.2, 0.25) is 0 Å². The van der Waals surface area contributed by atoms with E-state index in [1.54, 1.807) is 6.07 Å². The van der Waals surface area contributed by atoms with E-state index in [-0.39, 0.29) is 11.2 Å². The first-order valence-corrected chi connectivity index (χ1v) is 5.96. The van der Waals surface area contributed by atoms with Gasteiger partial charge in [0.05, 0.1) is 10.6 Å². The summed E-state index contributed by atoms with van der Waals surface area (Å²) < 4.78 is 5.45. The lowest BCUT2D eigenvalue weighted by molar-refractivity contribution is -0.383. The van der Waals surface area contributed by atoms with E-state index in [0.717, 1.165) is 11.0 Å². The van der Waals surface area contributed by atoms with Crippen molar-refractivity contribution in [1.29, 1.82) is 0 Å². The molecule has 0 fully saturated rings. The largest absolute Gasteiger partial charge is 0.382 e. The van der Waals surface area contributed by atoms with Gasteiger partial charge >= 0.3 is 5.69 Å². The lowest BCUT2D eigenvalue weighted by Gasteiger charge is -2.03. The van der Waals surface area contributed by atoms with Gasteiger partial charge in [0.15, 0.2) is 5.52 Å². The number of nitrogens with zero attached hydrogens (tertiary/aromatic N) is 3. The standard InChI is InChI=1S/C8H7IN4O3/c9-3-4-10-5-1-2-6(13(14)15)8-7(5)11-16-12-8/h1-2,10H,3-4H2. The van der Waals surface area contributed by atoms with Gasteiger partial charge in [-0.05, 0) is 16.4 Å². The number of aromatic nitrogens is 2. The van der Waals surface area contributed by atoms with Gasteiger partial charge in [-0.3, -0.25) is 10.1 Å². The maximum absolute atomic E-state index is 10.7. The molecule has 0 saturated heterocycles. The Morgan fingerprint density at radius 3 is 2.88 bits per heavy atom. The minimum atomic E-state index is -0.505. The number of halogens is 1. The molecule has 8 heteroatoms. The summed E-state index contributed by atoms with van der Waals surface area (Å²) in [5, 5.41) is 21.0. The molecule has 0 aliphatic heterocycles. The van der Waals surface area contributed by atoms with Crippen LogP contribution < -0.4 is 5.32 Å². The van der Waals surface area contributed by atoms with Crippen LogP contribution in [0.25, 0.3) is 11.0 Å². The summed E-state index contributed by atoms with van der Waals surface area (Å²) >= 11 is 2.22. The van der Waals surface area contributed by atoms with Crippen molar-refractivity contribution < 1.29 is 9.55 Å². The van der Waals surface area contributed by atoms with Crippen LogP contribution in [0, 0.1) is 10.1 Å². The lowest BCUT2D eigenvalue weighted by Crippen LogP contribution is -2.03. The molecular weight excluding hydrogens is 327 g/mol. The molecule has 1 N–H and O–H groups in total. The van der Waals surface area contributed by atoms with Crippen molar-refractivity contribution in [2.75, 3.05) is 16.3 Å². The van der Waals surface area contributed by atoms with E-state index in [2.05, 4.69) is 42.9 Å². The van der Waals surface area contributed by atoms with Gasteiger partial charge < -0.3 is 5.32 Å². The Kier molecular flexibility index (Phi) is 3.17. The Labute approximate surface area is 103 Å². The van der Waals surface area contributed by atoms with Gasteiger partial charge in [-0.1, -0.05) is 22.6 Å². The van der Waals surface area contributed by atoms with E-state index < -0.39 is 4.92 Å². The van der Waals surface area contributed by atoms with Gasteiger partial charge in [0.25, 0.3) is 0 Å². The minimum absolute atomic E-state index is 0.101. The normalized spacial score (nSPS) is 10.6. The third-order valence-corrected chi connectivity index (χ3v) is 2.54. The number of fused-ring (bicyclic) bond motifs is 1. The van der Waals surface area contributed by atoms with Crippen LogP contribution in [0.3, 0.4) is 0 Å². The average molecular weight is 334 g/mol. The highest BCUT2D eigenvalue weighted by Crippen LogP contribution is 2.28. The molecule has 16 heavy (non-hydrogen) atoms. The molecule has 2 rings (SSSR count).